The van der Waals surface area contributed by atoms with Gasteiger partial charge in [0.1, 0.15) is 17.0 Å². The zero-order valence-electron chi connectivity index (χ0n) is 14.2. The minimum atomic E-state index is -0.712. The maximum atomic E-state index is 12.8. The normalized spacial score (nSPS) is 10.0. The Labute approximate surface area is 154 Å². The predicted octanol–water partition coefficient (Wildman–Crippen LogP) is 2.32. The number of aromatic nitrogens is 2. The molecule has 134 valence electrons. The van der Waals surface area contributed by atoms with Gasteiger partial charge < -0.3 is 10.1 Å². The number of rotatable bonds is 6. The van der Waals surface area contributed by atoms with Crippen molar-refractivity contribution in [3.05, 3.63) is 41.5 Å². The maximum absolute atomic E-state index is 12.8. The van der Waals surface area contributed by atoms with Crippen LogP contribution in [0.1, 0.15) is 34.1 Å². The van der Waals surface area contributed by atoms with Crippen LogP contribution in [-0.4, -0.2) is 40.4 Å². The Hall–Kier alpha value is -3.12. The molecule has 0 radical (unpaired) electrons. The van der Waals surface area contributed by atoms with Crippen molar-refractivity contribution in [2.45, 2.75) is 18.4 Å². The molecule has 26 heavy (non-hydrogen) atoms. The topological polar surface area (TPSA) is 114 Å². The smallest absolute Gasteiger partial charge is 0.344 e. The van der Waals surface area contributed by atoms with Crippen LogP contribution in [0.25, 0.3) is 0 Å². The third-order valence-electron chi connectivity index (χ3n) is 3.24. The number of anilines is 1. The van der Waals surface area contributed by atoms with Gasteiger partial charge in [-0.25, -0.2) is 4.79 Å². The Morgan fingerprint density at radius 3 is 2.58 bits per heavy atom. The van der Waals surface area contributed by atoms with E-state index in [4.69, 9.17) is 10.00 Å². The third-order valence-corrected chi connectivity index (χ3v) is 3.91. The summed E-state index contributed by atoms with van der Waals surface area (Å²) >= 11 is 1.14. The van der Waals surface area contributed by atoms with Crippen LogP contribution in [-0.2, 0) is 9.53 Å². The molecule has 0 aliphatic heterocycles. The molecule has 0 atom stereocenters. The molecule has 1 aromatic heterocycles. The molecule has 1 aromatic carbocycles. The summed E-state index contributed by atoms with van der Waals surface area (Å²) in [5.74, 6) is -2.01. The van der Waals surface area contributed by atoms with Gasteiger partial charge in [-0.1, -0.05) is 18.2 Å². The fourth-order valence-corrected chi connectivity index (χ4v) is 2.69. The summed E-state index contributed by atoms with van der Waals surface area (Å²) in [5, 5.41) is 15.5. The molecule has 1 N–H and O–H groups in total. The second-order valence-corrected chi connectivity index (χ2v) is 5.71. The quantitative estimate of drug-likeness (QED) is 0.611. The minimum Gasteiger partial charge on any atom is -0.462 e. The molecular formula is C17H16N4O4S. The standard InChI is InChI=1S/C17H16N4O4S/c1-3-25-17(24)13-14(19-12(22)9-10-18)21(20-15(13)26-2)16(23)11-7-5-4-6-8-11/h4-8H,3,9H2,1-2H3,(H,19,22). The van der Waals surface area contributed by atoms with Crippen LogP contribution in [0.2, 0.25) is 0 Å². The summed E-state index contributed by atoms with van der Waals surface area (Å²) in [7, 11) is 0. The highest BCUT2D eigenvalue weighted by Gasteiger charge is 2.29. The molecule has 0 bridgehead atoms. The lowest BCUT2D eigenvalue weighted by atomic mass is 10.2. The van der Waals surface area contributed by atoms with E-state index in [1.807, 2.05) is 0 Å². The first-order valence-corrected chi connectivity index (χ1v) is 8.86. The van der Waals surface area contributed by atoms with Crippen molar-refractivity contribution in [3.8, 4) is 6.07 Å². The largest absolute Gasteiger partial charge is 0.462 e. The van der Waals surface area contributed by atoms with E-state index in [-0.39, 0.29) is 23.0 Å². The molecular weight excluding hydrogens is 356 g/mol. The molecule has 1 heterocycles. The lowest BCUT2D eigenvalue weighted by molar-refractivity contribution is -0.115. The number of esters is 1. The molecule has 2 aromatic rings. The van der Waals surface area contributed by atoms with Gasteiger partial charge in [-0.05, 0) is 25.3 Å². The summed E-state index contributed by atoms with van der Waals surface area (Å²) in [5.41, 5.74) is 0.309. The fraction of sp³-hybridized carbons (Fsp3) is 0.235. The van der Waals surface area contributed by atoms with Crippen LogP contribution >= 0.6 is 11.8 Å². The van der Waals surface area contributed by atoms with E-state index in [1.54, 1.807) is 49.6 Å². The number of carbonyl (C=O) groups excluding carboxylic acids is 3. The highest BCUT2D eigenvalue weighted by molar-refractivity contribution is 7.98. The van der Waals surface area contributed by atoms with Crippen molar-refractivity contribution >= 4 is 35.4 Å². The molecule has 0 saturated carbocycles. The van der Waals surface area contributed by atoms with Gasteiger partial charge >= 0.3 is 5.97 Å². The van der Waals surface area contributed by atoms with Crippen LogP contribution < -0.4 is 5.32 Å². The lowest BCUT2D eigenvalue weighted by Gasteiger charge is -2.09. The van der Waals surface area contributed by atoms with Gasteiger partial charge in [0.15, 0.2) is 5.82 Å². The molecule has 0 saturated heterocycles. The van der Waals surface area contributed by atoms with Crippen LogP contribution in [0.5, 0.6) is 0 Å². The Morgan fingerprint density at radius 1 is 1.31 bits per heavy atom. The fourth-order valence-electron chi connectivity index (χ4n) is 2.14. The van der Waals surface area contributed by atoms with E-state index in [0.29, 0.717) is 5.56 Å². The Morgan fingerprint density at radius 2 is 2.00 bits per heavy atom. The van der Waals surface area contributed by atoms with Gasteiger partial charge in [-0.15, -0.1) is 11.8 Å². The first-order chi connectivity index (χ1) is 12.5. The van der Waals surface area contributed by atoms with Gasteiger partial charge in [0, 0.05) is 5.56 Å². The van der Waals surface area contributed by atoms with E-state index in [9.17, 15) is 14.4 Å². The van der Waals surface area contributed by atoms with E-state index in [0.717, 1.165) is 16.4 Å². The van der Waals surface area contributed by atoms with E-state index < -0.39 is 24.2 Å². The summed E-state index contributed by atoms with van der Waals surface area (Å²) in [6.07, 6.45) is 1.25. The highest BCUT2D eigenvalue weighted by atomic mass is 32.2. The molecule has 0 unspecified atom stereocenters. The number of nitrogens with one attached hydrogen (secondary N) is 1. The van der Waals surface area contributed by atoms with E-state index in [1.165, 1.54) is 0 Å². The average Bonchev–Trinajstić information content (AvgIpc) is 3.00. The van der Waals surface area contributed by atoms with Crippen LogP contribution in [0.4, 0.5) is 5.82 Å². The van der Waals surface area contributed by atoms with Crippen molar-refractivity contribution < 1.29 is 19.1 Å². The number of ether oxygens (including phenoxy) is 1. The lowest BCUT2D eigenvalue weighted by Crippen LogP contribution is -2.22. The number of nitriles is 1. The van der Waals surface area contributed by atoms with E-state index >= 15 is 0 Å². The van der Waals surface area contributed by atoms with Gasteiger partial charge in [-0.2, -0.15) is 15.0 Å². The number of carbonyl (C=O) groups is 3. The van der Waals surface area contributed by atoms with Crippen LogP contribution in [0.15, 0.2) is 35.4 Å². The Bertz CT molecular complexity index is 871. The van der Waals surface area contributed by atoms with Gasteiger partial charge in [0.25, 0.3) is 5.91 Å². The van der Waals surface area contributed by atoms with Gasteiger partial charge in [0.2, 0.25) is 5.91 Å². The second kappa shape index (κ2) is 8.82. The van der Waals surface area contributed by atoms with Crippen molar-refractivity contribution in [3.63, 3.8) is 0 Å². The molecule has 0 aliphatic carbocycles. The zero-order chi connectivity index (χ0) is 19.1. The first-order valence-electron chi connectivity index (χ1n) is 7.64. The van der Waals surface area contributed by atoms with Crippen molar-refractivity contribution in [2.75, 3.05) is 18.2 Å². The number of benzene rings is 1. The number of nitrogens with zero attached hydrogens (tertiary/aromatic N) is 3. The maximum Gasteiger partial charge on any atom is 0.344 e. The van der Waals surface area contributed by atoms with Crippen LogP contribution in [0, 0.1) is 11.3 Å². The SMILES string of the molecule is CCOC(=O)c1c(SC)nn(C(=O)c2ccccc2)c1NC(=O)CC#N. The molecule has 0 fully saturated rings. The predicted molar refractivity (Wildman–Crippen MR) is 95.0 cm³/mol. The average molecular weight is 372 g/mol. The molecule has 2 rings (SSSR count). The van der Waals surface area contributed by atoms with Gasteiger partial charge in [0.05, 0.1) is 12.7 Å². The summed E-state index contributed by atoms with van der Waals surface area (Å²) in [6, 6.07) is 10.0. The summed E-state index contributed by atoms with van der Waals surface area (Å²) in [4.78, 5) is 37.0. The van der Waals surface area contributed by atoms with Gasteiger partial charge in [-0.3, -0.25) is 9.59 Å². The number of hydrogen-bond donors (Lipinski definition) is 1. The monoisotopic (exact) mass is 372 g/mol. The molecule has 0 aliphatic rings. The summed E-state index contributed by atoms with van der Waals surface area (Å²) in [6.45, 7) is 1.76. The number of hydrogen-bond acceptors (Lipinski definition) is 7. The summed E-state index contributed by atoms with van der Waals surface area (Å²) < 4.78 is 5.97. The third kappa shape index (κ3) is 4.10. The van der Waals surface area contributed by atoms with Crippen molar-refractivity contribution in [2.24, 2.45) is 0 Å². The Kier molecular flexibility index (Phi) is 6.52. The highest BCUT2D eigenvalue weighted by Crippen LogP contribution is 2.28. The number of thioether (sulfide) groups is 1. The molecule has 9 heteroatoms. The first kappa shape index (κ1) is 19.2. The van der Waals surface area contributed by atoms with Crippen molar-refractivity contribution in [1.82, 2.24) is 9.78 Å². The van der Waals surface area contributed by atoms with Crippen LogP contribution in [0.3, 0.4) is 0 Å². The van der Waals surface area contributed by atoms with E-state index in [2.05, 4.69) is 10.4 Å². The van der Waals surface area contributed by atoms with Crippen molar-refractivity contribution in [1.29, 1.82) is 5.26 Å². The molecule has 8 nitrogen and oxygen atoms in total. The zero-order valence-corrected chi connectivity index (χ0v) is 15.0. The number of amides is 1. The Balaban J connectivity index is 2.59. The molecule has 0 spiro atoms. The molecule has 1 amide bonds. The second-order valence-electron chi connectivity index (χ2n) is 4.92. The minimum absolute atomic E-state index is 0.0186.